The van der Waals surface area contributed by atoms with Crippen molar-refractivity contribution in [2.75, 3.05) is 11.9 Å². The average Bonchev–Trinajstić information content (AvgIpc) is 2.71. The zero-order valence-electron chi connectivity index (χ0n) is 14.6. The number of carboxylic acids is 1. The number of para-hydroxylation sites is 1. The van der Waals surface area contributed by atoms with Gasteiger partial charge in [-0.25, -0.2) is 4.79 Å². The highest BCUT2D eigenvalue weighted by Gasteiger charge is 2.16. The maximum Gasteiger partial charge on any atom is 0.337 e. The highest BCUT2D eigenvalue weighted by Crippen LogP contribution is 2.29. The Kier molecular flexibility index (Phi) is 5.84. The first kappa shape index (κ1) is 18.2. The molecular weight excluding hydrogens is 342 g/mol. The van der Waals surface area contributed by atoms with E-state index in [1.807, 2.05) is 36.4 Å². The Morgan fingerprint density at radius 3 is 2.19 bits per heavy atom. The van der Waals surface area contributed by atoms with Crippen LogP contribution >= 0.6 is 0 Å². The van der Waals surface area contributed by atoms with Crippen LogP contribution in [0.5, 0.6) is 5.75 Å². The van der Waals surface area contributed by atoms with Crippen molar-refractivity contribution in [3.8, 4) is 5.75 Å². The summed E-state index contributed by atoms with van der Waals surface area (Å²) in [6, 6.07) is 23.2. The lowest BCUT2D eigenvalue weighted by Crippen LogP contribution is -2.17. The molecule has 0 heterocycles. The maximum atomic E-state index is 12.3. The Morgan fingerprint density at radius 2 is 1.52 bits per heavy atom. The molecule has 0 fully saturated rings. The molecule has 0 bridgehead atoms. The second-order valence-electron chi connectivity index (χ2n) is 5.90. The molecule has 136 valence electrons. The molecule has 5 heteroatoms. The van der Waals surface area contributed by atoms with Gasteiger partial charge in [-0.1, -0.05) is 66.7 Å². The Hall–Kier alpha value is -3.60. The molecule has 0 saturated carbocycles. The van der Waals surface area contributed by atoms with E-state index in [-0.39, 0.29) is 17.9 Å². The molecule has 3 aromatic rings. The van der Waals surface area contributed by atoms with Gasteiger partial charge in [-0.2, -0.15) is 0 Å². The van der Waals surface area contributed by atoms with Crippen molar-refractivity contribution >= 4 is 17.4 Å². The maximum absolute atomic E-state index is 12.3. The van der Waals surface area contributed by atoms with Crippen LogP contribution in [0.25, 0.3) is 0 Å². The van der Waals surface area contributed by atoms with Crippen LogP contribution in [0, 0.1) is 0 Å². The van der Waals surface area contributed by atoms with Crippen LogP contribution in [0.3, 0.4) is 0 Å². The normalized spacial score (nSPS) is 10.2. The third kappa shape index (κ3) is 4.73. The van der Waals surface area contributed by atoms with Gasteiger partial charge in [-0.05, 0) is 17.7 Å². The summed E-state index contributed by atoms with van der Waals surface area (Å²) in [6.07, 6.45) is 0. The largest absolute Gasteiger partial charge is 0.487 e. The van der Waals surface area contributed by atoms with Gasteiger partial charge >= 0.3 is 5.97 Å². The zero-order chi connectivity index (χ0) is 19.1. The van der Waals surface area contributed by atoms with Crippen molar-refractivity contribution in [2.24, 2.45) is 0 Å². The number of ether oxygens (including phenoxy) is 1. The van der Waals surface area contributed by atoms with Crippen molar-refractivity contribution in [1.82, 2.24) is 0 Å². The molecule has 0 unspecified atom stereocenters. The Labute approximate surface area is 157 Å². The summed E-state index contributed by atoms with van der Waals surface area (Å²) in [5, 5.41) is 12.4. The third-order valence-corrected chi connectivity index (χ3v) is 4.02. The van der Waals surface area contributed by atoms with E-state index in [0.717, 1.165) is 5.56 Å². The quantitative estimate of drug-likeness (QED) is 0.586. The van der Waals surface area contributed by atoms with E-state index in [4.69, 9.17) is 4.74 Å². The number of nitrogens with one attached hydrogen (secondary N) is 1. The van der Waals surface area contributed by atoms with Gasteiger partial charge in [0.15, 0.2) is 5.78 Å². The standard InChI is InChI=1S/C22H19NO4/c24-19(17-10-5-2-6-11-17)14-23-21-18(22(25)26)12-7-13-20(21)27-15-16-8-3-1-4-9-16/h1-13,23H,14-15H2,(H,25,26). The number of carboxylic acid groups (broad SMARTS) is 1. The number of benzene rings is 3. The minimum Gasteiger partial charge on any atom is -0.487 e. The molecule has 0 spiro atoms. The fourth-order valence-corrected chi connectivity index (χ4v) is 2.64. The van der Waals surface area contributed by atoms with Crippen molar-refractivity contribution < 1.29 is 19.4 Å². The highest BCUT2D eigenvalue weighted by molar-refractivity contribution is 6.01. The summed E-state index contributed by atoms with van der Waals surface area (Å²) in [4.78, 5) is 23.9. The van der Waals surface area contributed by atoms with E-state index in [1.54, 1.807) is 36.4 Å². The van der Waals surface area contributed by atoms with Crippen molar-refractivity contribution in [1.29, 1.82) is 0 Å². The monoisotopic (exact) mass is 361 g/mol. The first-order valence-corrected chi connectivity index (χ1v) is 8.50. The van der Waals surface area contributed by atoms with Crippen molar-refractivity contribution in [2.45, 2.75) is 6.61 Å². The number of rotatable bonds is 8. The SMILES string of the molecule is O=C(CNc1c(OCc2ccccc2)cccc1C(=O)O)c1ccccc1. The lowest BCUT2D eigenvalue weighted by Gasteiger charge is -2.15. The number of ketones is 1. The summed E-state index contributed by atoms with van der Waals surface area (Å²) >= 11 is 0. The Balaban J connectivity index is 1.79. The zero-order valence-corrected chi connectivity index (χ0v) is 14.6. The summed E-state index contributed by atoms with van der Waals surface area (Å²) < 4.78 is 5.81. The Morgan fingerprint density at radius 1 is 0.852 bits per heavy atom. The fourth-order valence-electron chi connectivity index (χ4n) is 2.64. The van der Waals surface area contributed by atoms with Crippen LogP contribution in [0.2, 0.25) is 0 Å². The summed E-state index contributed by atoms with van der Waals surface area (Å²) in [6.45, 7) is 0.265. The van der Waals surface area contributed by atoms with Crippen LogP contribution < -0.4 is 10.1 Å². The molecule has 0 aliphatic carbocycles. The number of hydrogen-bond donors (Lipinski definition) is 2. The number of anilines is 1. The lowest BCUT2D eigenvalue weighted by molar-refractivity contribution is 0.0697. The highest BCUT2D eigenvalue weighted by atomic mass is 16.5. The van der Waals surface area contributed by atoms with Gasteiger partial charge in [-0.3, -0.25) is 4.79 Å². The molecule has 0 aromatic heterocycles. The molecule has 0 atom stereocenters. The summed E-state index contributed by atoms with van der Waals surface area (Å²) in [5.41, 5.74) is 1.88. The minimum atomic E-state index is -1.09. The number of Topliss-reactive ketones (excluding diaryl/α,β-unsaturated/α-hetero) is 1. The lowest BCUT2D eigenvalue weighted by atomic mass is 10.1. The first-order chi connectivity index (χ1) is 13.1. The van der Waals surface area contributed by atoms with Crippen molar-refractivity contribution in [3.05, 3.63) is 95.6 Å². The van der Waals surface area contributed by atoms with Crippen molar-refractivity contribution in [3.63, 3.8) is 0 Å². The topological polar surface area (TPSA) is 75.6 Å². The van der Waals surface area contributed by atoms with Crippen LogP contribution in [-0.2, 0) is 6.61 Å². The second-order valence-corrected chi connectivity index (χ2v) is 5.90. The summed E-state index contributed by atoms with van der Waals surface area (Å²) in [5.74, 6) is -0.834. The number of carbonyl (C=O) groups is 2. The second kappa shape index (κ2) is 8.67. The van der Waals surface area contributed by atoms with Gasteiger partial charge in [0.25, 0.3) is 0 Å². The number of aromatic carboxylic acids is 1. The van der Waals surface area contributed by atoms with Crippen LogP contribution in [0.4, 0.5) is 5.69 Å². The molecule has 0 amide bonds. The van der Waals surface area contributed by atoms with Crippen LogP contribution in [-0.4, -0.2) is 23.4 Å². The van der Waals surface area contributed by atoms with E-state index in [0.29, 0.717) is 23.6 Å². The minimum absolute atomic E-state index is 0.0317. The predicted octanol–water partition coefficient (Wildman–Crippen LogP) is 4.26. The van der Waals surface area contributed by atoms with Gasteiger partial charge in [0, 0.05) is 5.56 Å². The molecule has 27 heavy (non-hydrogen) atoms. The molecule has 0 radical (unpaired) electrons. The third-order valence-electron chi connectivity index (χ3n) is 4.02. The van der Waals surface area contributed by atoms with E-state index >= 15 is 0 Å². The van der Waals surface area contributed by atoms with Gasteiger partial charge in [0.2, 0.25) is 0 Å². The fraction of sp³-hybridized carbons (Fsp3) is 0.0909. The van der Waals surface area contributed by atoms with Gasteiger partial charge < -0.3 is 15.2 Å². The van der Waals surface area contributed by atoms with E-state index in [9.17, 15) is 14.7 Å². The van der Waals surface area contributed by atoms with Crippen LogP contribution in [0.1, 0.15) is 26.3 Å². The predicted molar refractivity (Wildman–Crippen MR) is 103 cm³/mol. The Bertz CT molecular complexity index is 924. The van der Waals surface area contributed by atoms with E-state index in [1.165, 1.54) is 6.07 Å². The van der Waals surface area contributed by atoms with Gasteiger partial charge in [0.05, 0.1) is 17.8 Å². The number of carbonyl (C=O) groups excluding carboxylic acids is 1. The molecular formula is C22H19NO4. The molecule has 0 aliphatic heterocycles. The molecule has 3 rings (SSSR count). The smallest absolute Gasteiger partial charge is 0.337 e. The van der Waals surface area contributed by atoms with Gasteiger partial charge in [0.1, 0.15) is 12.4 Å². The summed E-state index contributed by atoms with van der Waals surface area (Å²) in [7, 11) is 0. The van der Waals surface area contributed by atoms with E-state index < -0.39 is 5.97 Å². The molecule has 3 aromatic carbocycles. The molecule has 0 aliphatic rings. The number of hydrogen-bond acceptors (Lipinski definition) is 4. The molecule has 5 nitrogen and oxygen atoms in total. The first-order valence-electron chi connectivity index (χ1n) is 8.50. The van der Waals surface area contributed by atoms with Crippen LogP contribution in [0.15, 0.2) is 78.9 Å². The molecule has 0 saturated heterocycles. The average molecular weight is 361 g/mol. The van der Waals surface area contributed by atoms with Gasteiger partial charge in [-0.15, -0.1) is 0 Å². The molecule has 2 N–H and O–H groups in total. The van der Waals surface area contributed by atoms with E-state index in [2.05, 4.69) is 5.32 Å².